The number of hydrogen-bond donors (Lipinski definition) is 0. The Morgan fingerprint density at radius 2 is 0.818 bits per heavy atom. The van der Waals surface area contributed by atoms with Gasteiger partial charge in [0, 0.05) is 54.7 Å². The molecule has 0 heterocycles. The summed E-state index contributed by atoms with van der Waals surface area (Å²) in [5.41, 5.74) is 0. The Balaban J connectivity index is 3.89. The minimum Gasteiger partial charge on any atom is -0.377 e. The topological polar surface area (TPSA) is 55.4 Å². The lowest BCUT2D eigenvalue weighted by Gasteiger charge is -2.24. The Morgan fingerprint density at radius 3 is 1.05 bits per heavy atom. The van der Waals surface area contributed by atoms with Crippen molar-refractivity contribution < 1.29 is 26.6 Å². The molecule has 0 unspecified atom stereocenters. The zero-order valence-corrected chi connectivity index (χ0v) is 16.8. The van der Waals surface area contributed by atoms with Crippen molar-refractivity contribution in [3.05, 3.63) is 12.2 Å². The second-order valence-corrected chi connectivity index (χ2v) is 11.0. The quantitative estimate of drug-likeness (QED) is 0.272. The van der Waals surface area contributed by atoms with E-state index in [4.69, 9.17) is 26.6 Å². The zero-order valence-electron chi connectivity index (χ0n) is 14.8. The second kappa shape index (κ2) is 12.4. The highest BCUT2D eigenvalue weighted by Gasteiger charge is 2.37. The van der Waals surface area contributed by atoms with Crippen LogP contribution in [0.1, 0.15) is 25.7 Å². The van der Waals surface area contributed by atoms with Crippen LogP contribution in [0.2, 0.25) is 12.1 Å². The second-order valence-electron chi connectivity index (χ2n) is 4.85. The zero-order chi connectivity index (χ0) is 16.9. The predicted molar refractivity (Wildman–Crippen MR) is 90.8 cm³/mol. The molecule has 0 saturated heterocycles. The van der Waals surface area contributed by atoms with Crippen LogP contribution >= 0.6 is 0 Å². The van der Waals surface area contributed by atoms with Gasteiger partial charge in [-0.3, -0.25) is 0 Å². The lowest BCUT2D eigenvalue weighted by molar-refractivity contribution is 0.122. The van der Waals surface area contributed by atoms with Crippen LogP contribution in [0, 0.1) is 0 Å². The summed E-state index contributed by atoms with van der Waals surface area (Å²) in [6.07, 6.45) is 8.35. The molecule has 0 atom stereocenters. The maximum atomic E-state index is 5.39. The van der Waals surface area contributed by atoms with Crippen LogP contribution < -0.4 is 0 Å². The summed E-state index contributed by atoms with van der Waals surface area (Å²) < 4.78 is 32.3. The van der Waals surface area contributed by atoms with Crippen LogP contribution in [0.15, 0.2) is 12.2 Å². The molecule has 22 heavy (non-hydrogen) atoms. The first kappa shape index (κ1) is 21.9. The molecule has 0 aliphatic carbocycles. The molecule has 132 valence electrons. The summed E-state index contributed by atoms with van der Waals surface area (Å²) in [5.74, 6) is 0. The van der Waals surface area contributed by atoms with Gasteiger partial charge < -0.3 is 26.6 Å². The highest BCUT2D eigenvalue weighted by atomic mass is 28.4. The maximum Gasteiger partial charge on any atom is 0.500 e. The minimum absolute atomic E-state index is 0.827. The lowest BCUT2D eigenvalue weighted by Crippen LogP contribution is -2.42. The molecule has 0 saturated carbocycles. The molecule has 0 N–H and O–H groups in total. The van der Waals surface area contributed by atoms with E-state index >= 15 is 0 Å². The first-order chi connectivity index (χ1) is 10.6. The SMILES string of the molecule is CO[Si](CCC/C=C/CCC[Si](OC)(OC)OC)(OC)OC. The average Bonchev–Trinajstić information content (AvgIpc) is 2.58. The van der Waals surface area contributed by atoms with Gasteiger partial charge >= 0.3 is 17.6 Å². The van der Waals surface area contributed by atoms with Gasteiger partial charge in [0.15, 0.2) is 0 Å². The van der Waals surface area contributed by atoms with E-state index < -0.39 is 17.6 Å². The smallest absolute Gasteiger partial charge is 0.377 e. The van der Waals surface area contributed by atoms with Crippen LogP contribution in [0.4, 0.5) is 0 Å². The minimum atomic E-state index is -2.41. The molecule has 0 aliphatic heterocycles. The third kappa shape index (κ3) is 7.47. The Hall–Kier alpha value is -0.0662. The molecule has 0 radical (unpaired) electrons. The number of hydrogen-bond acceptors (Lipinski definition) is 6. The van der Waals surface area contributed by atoms with Crippen molar-refractivity contribution in [1.29, 1.82) is 0 Å². The molecule has 6 nitrogen and oxygen atoms in total. The molecular weight excluding hydrogens is 320 g/mol. The monoisotopic (exact) mass is 352 g/mol. The van der Waals surface area contributed by atoms with Crippen LogP contribution in [0.5, 0.6) is 0 Å². The van der Waals surface area contributed by atoms with Crippen molar-refractivity contribution in [2.75, 3.05) is 42.7 Å². The summed E-state index contributed by atoms with van der Waals surface area (Å²) in [7, 11) is 5.05. The Bertz CT molecular complexity index is 249. The third-order valence-corrected chi connectivity index (χ3v) is 9.40. The summed E-state index contributed by atoms with van der Waals surface area (Å²) in [4.78, 5) is 0. The van der Waals surface area contributed by atoms with Crippen LogP contribution in [0.25, 0.3) is 0 Å². The van der Waals surface area contributed by atoms with Crippen LogP contribution in [-0.4, -0.2) is 60.3 Å². The van der Waals surface area contributed by atoms with E-state index in [9.17, 15) is 0 Å². The first-order valence-electron chi connectivity index (χ1n) is 7.53. The van der Waals surface area contributed by atoms with Crippen LogP contribution in [0.3, 0.4) is 0 Å². The number of unbranched alkanes of at least 4 members (excludes halogenated alkanes) is 2. The van der Waals surface area contributed by atoms with Gasteiger partial charge in [0.25, 0.3) is 0 Å². The molecule has 0 aromatic heterocycles. The van der Waals surface area contributed by atoms with Crippen LogP contribution in [-0.2, 0) is 26.6 Å². The maximum absolute atomic E-state index is 5.39. The average molecular weight is 353 g/mol. The van der Waals surface area contributed by atoms with Crippen molar-refractivity contribution in [2.24, 2.45) is 0 Å². The highest BCUT2D eigenvalue weighted by molar-refractivity contribution is 6.60. The summed E-state index contributed by atoms with van der Waals surface area (Å²) in [6, 6.07) is 1.65. The van der Waals surface area contributed by atoms with Crippen molar-refractivity contribution >= 4 is 17.6 Å². The lowest BCUT2D eigenvalue weighted by atomic mass is 10.2. The number of allylic oxidation sites excluding steroid dienone is 2. The summed E-state index contributed by atoms with van der Waals surface area (Å²) >= 11 is 0. The van der Waals surface area contributed by atoms with E-state index in [2.05, 4.69) is 12.2 Å². The van der Waals surface area contributed by atoms with Gasteiger partial charge in [-0.25, -0.2) is 0 Å². The Labute approximate surface area is 137 Å². The third-order valence-electron chi connectivity index (χ3n) is 3.74. The van der Waals surface area contributed by atoms with Gasteiger partial charge in [-0.2, -0.15) is 0 Å². The molecule has 0 spiro atoms. The first-order valence-corrected chi connectivity index (χ1v) is 11.4. The van der Waals surface area contributed by atoms with Gasteiger partial charge in [-0.1, -0.05) is 12.2 Å². The number of rotatable bonds is 14. The van der Waals surface area contributed by atoms with E-state index in [1.54, 1.807) is 42.7 Å². The van der Waals surface area contributed by atoms with Crippen molar-refractivity contribution in [3.8, 4) is 0 Å². The molecule has 0 aliphatic rings. The highest BCUT2D eigenvalue weighted by Crippen LogP contribution is 2.18. The van der Waals surface area contributed by atoms with E-state index in [0.29, 0.717) is 0 Å². The largest absolute Gasteiger partial charge is 0.500 e. The van der Waals surface area contributed by atoms with Gasteiger partial charge in [0.05, 0.1) is 0 Å². The van der Waals surface area contributed by atoms with E-state index in [0.717, 1.165) is 37.8 Å². The van der Waals surface area contributed by atoms with Crippen molar-refractivity contribution in [2.45, 2.75) is 37.8 Å². The molecule has 0 fully saturated rings. The fourth-order valence-corrected chi connectivity index (χ4v) is 5.72. The molecule has 0 rings (SSSR count). The van der Waals surface area contributed by atoms with Crippen molar-refractivity contribution in [3.63, 3.8) is 0 Å². The Morgan fingerprint density at radius 1 is 0.545 bits per heavy atom. The molecule has 8 heteroatoms. The van der Waals surface area contributed by atoms with E-state index in [-0.39, 0.29) is 0 Å². The van der Waals surface area contributed by atoms with Gasteiger partial charge in [0.1, 0.15) is 0 Å². The molecule has 0 aromatic carbocycles. The van der Waals surface area contributed by atoms with Gasteiger partial charge in [-0.15, -0.1) is 0 Å². The van der Waals surface area contributed by atoms with E-state index in [1.807, 2.05) is 0 Å². The summed E-state index contributed by atoms with van der Waals surface area (Å²) in [5, 5.41) is 0. The Kier molecular flexibility index (Phi) is 12.3. The molecular formula is C14H32O6Si2. The standard InChI is InChI=1S/C14H32O6Si2/c1-15-21(16-2,17-3)13-11-9-7-8-10-12-14-22(18-4,19-5)20-6/h7-8H,9-14H2,1-6H3/b8-7+. The normalized spacial score (nSPS) is 13.2. The fraction of sp³-hybridized carbons (Fsp3) is 0.857. The molecule has 0 aromatic rings. The van der Waals surface area contributed by atoms with E-state index in [1.165, 1.54) is 0 Å². The summed E-state index contributed by atoms with van der Waals surface area (Å²) in [6.45, 7) is 0. The van der Waals surface area contributed by atoms with Gasteiger partial charge in [0.2, 0.25) is 0 Å². The van der Waals surface area contributed by atoms with Gasteiger partial charge in [-0.05, 0) is 25.7 Å². The molecule has 0 bridgehead atoms. The fourth-order valence-electron chi connectivity index (χ4n) is 2.22. The predicted octanol–water partition coefficient (Wildman–Crippen LogP) is 2.86. The van der Waals surface area contributed by atoms with Crippen molar-refractivity contribution in [1.82, 2.24) is 0 Å². The molecule has 0 amide bonds.